The Morgan fingerprint density at radius 1 is 1.22 bits per heavy atom. The molecule has 0 spiro atoms. The maximum absolute atomic E-state index is 11.8. The van der Waals surface area contributed by atoms with Gasteiger partial charge in [-0.3, -0.25) is 14.2 Å². The predicted molar refractivity (Wildman–Crippen MR) is 102 cm³/mol. The van der Waals surface area contributed by atoms with Gasteiger partial charge in [-0.1, -0.05) is 12.5 Å². The number of benzene rings is 1. The number of aromatic nitrogens is 1. The largest absolute Gasteiger partial charge is 0.484 e. The molecule has 1 amide bonds. The Bertz CT molecular complexity index is 834. The molecule has 0 bridgehead atoms. The molecule has 0 aliphatic rings. The molecule has 7 nitrogen and oxygen atoms in total. The molecule has 1 aromatic heterocycles. The van der Waals surface area contributed by atoms with Crippen molar-refractivity contribution in [2.45, 2.75) is 0 Å². The number of nitrogens with zero attached hydrogens (tertiary/aromatic N) is 1. The lowest BCUT2D eigenvalue weighted by atomic mass is 10.2. The second kappa shape index (κ2) is 10.8. The highest BCUT2D eigenvalue weighted by atomic mass is 16.5. The predicted octanol–water partition coefficient (Wildman–Crippen LogP) is 1.63. The first kappa shape index (κ1) is 20.2. The first-order valence-corrected chi connectivity index (χ1v) is 8.42. The van der Waals surface area contributed by atoms with Crippen LogP contribution in [0.4, 0.5) is 0 Å². The third-order valence-electron chi connectivity index (χ3n) is 3.57. The minimum atomic E-state index is -0.248. The van der Waals surface area contributed by atoms with Crippen molar-refractivity contribution in [2.24, 2.45) is 0 Å². The third kappa shape index (κ3) is 6.29. The SMILES string of the molecule is C#CCOCCOCCNC(=O)COc1ccc2c(ccn2C(=O)C=C)c1. The van der Waals surface area contributed by atoms with Gasteiger partial charge in [0.25, 0.3) is 11.8 Å². The standard InChI is InChI=1S/C20H22N2O5/c1-3-10-25-12-13-26-11-8-21-19(23)15-27-17-5-6-18-16(14-17)7-9-22(18)20(24)4-2/h1,4-7,9,14H,2,8,10-13,15H2,(H,21,23). The summed E-state index contributed by atoms with van der Waals surface area (Å²) in [6.45, 7) is 5.23. The molecule has 2 aromatic rings. The van der Waals surface area contributed by atoms with Crippen LogP contribution in [0.5, 0.6) is 5.75 Å². The molecule has 2 rings (SSSR count). The number of carbonyl (C=O) groups is 2. The molecule has 0 atom stereocenters. The van der Waals surface area contributed by atoms with Gasteiger partial charge in [-0.15, -0.1) is 6.42 Å². The Labute approximate surface area is 157 Å². The molecule has 7 heteroatoms. The molecule has 0 saturated carbocycles. The zero-order valence-electron chi connectivity index (χ0n) is 15.0. The normalized spacial score (nSPS) is 10.3. The second-order valence-electron chi connectivity index (χ2n) is 5.46. The van der Waals surface area contributed by atoms with E-state index in [0.29, 0.717) is 32.1 Å². The number of carbonyl (C=O) groups excluding carboxylic acids is 2. The second-order valence-corrected chi connectivity index (χ2v) is 5.46. The molecule has 0 aliphatic carbocycles. The van der Waals surface area contributed by atoms with E-state index in [9.17, 15) is 9.59 Å². The molecule has 1 aromatic carbocycles. The summed E-state index contributed by atoms with van der Waals surface area (Å²) in [6.07, 6.45) is 7.97. The van der Waals surface area contributed by atoms with E-state index in [4.69, 9.17) is 20.6 Å². The molecule has 0 fully saturated rings. The number of nitrogens with one attached hydrogen (secondary N) is 1. The van der Waals surface area contributed by atoms with E-state index >= 15 is 0 Å². The van der Waals surface area contributed by atoms with Crippen LogP contribution < -0.4 is 10.1 Å². The molecule has 0 radical (unpaired) electrons. The molecule has 1 heterocycles. The number of fused-ring (bicyclic) bond motifs is 1. The Morgan fingerprint density at radius 3 is 2.81 bits per heavy atom. The summed E-state index contributed by atoms with van der Waals surface area (Å²) in [6, 6.07) is 7.05. The monoisotopic (exact) mass is 370 g/mol. The molecular weight excluding hydrogens is 348 g/mol. The van der Waals surface area contributed by atoms with Crippen molar-refractivity contribution in [3.63, 3.8) is 0 Å². The van der Waals surface area contributed by atoms with Gasteiger partial charge in [0, 0.05) is 18.1 Å². The van der Waals surface area contributed by atoms with Crippen molar-refractivity contribution >= 4 is 22.7 Å². The van der Waals surface area contributed by atoms with E-state index in [-0.39, 0.29) is 25.0 Å². The van der Waals surface area contributed by atoms with Crippen molar-refractivity contribution in [3.05, 3.63) is 43.1 Å². The van der Waals surface area contributed by atoms with Crippen LogP contribution in [0, 0.1) is 12.3 Å². The van der Waals surface area contributed by atoms with Crippen LogP contribution in [-0.2, 0) is 14.3 Å². The minimum Gasteiger partial charge on any atom is -0.484 e. The Morgan fingerprint density at radius 2 is 2.04 bits per heavy atom. The van der Waals surface area contributed by atoms with Crippen LogP contribution in [-0.4, -0.2) is 56.0 Å². The molecular formula is C20H22N2O5. The van der Waals surface area contributed by atoms with Crippen molar-refractivity contribution < 1.29 is 23.8 Å². The third-order valence-corrected chi connectivity index (χ3v) is 3.57. The maximum Gasteiger partial charge on any atom is 0.258 e. The quantitative estimate of drug-likeness (QED) is 0.370. The van der Waals surface area contributed by atoms with E-state index in [1.165, 1.54) is 10.6 Å². The lowest BCUT2D eigenvalue weighted by Crippen LogP contribution is -2.31. The number of hydrogen-bond acceptors (Lipinski definition) is 5. The number of hydrogen-bond donors (Lipinski definition) is 1. The van der Waals surface area contributed by atoms with Gasteiger partial charge < -0.3 is 19.5 Å². The number of rotatable bonds is 11. The van der Waals surface area contributed by atoms with Crippen molar-refractivity contribution in [1.29, 1.82) is 0 Å². The van der Waals surface area contributed by atoms with Crippen LogP contribution in [0.2, 0.25) is 0 Å². The molecule has 0 aliphatic heterocycles. The van der Waals surface area contributed by atoms with Crippen LogP contribution in [0.3, 0.4) is 0 Å². The topological polar surface area (TPSA) is 78.8 Å². The summed E-state index contributed by atoms with van der Waals surface area (Å²) in [7, 11) is 0. The summed E-state index contributed by atoms with van der Waals surface area (Å²) in [5, 5.41) is 3.53. The van der Waals surface area contributed by atoms with Crippen LogP contribution in [0.15, 0.2) is 43.1 Å². The van der Waals surface area contributed by atoms with Gasteiger partial charge in [-0.05, 0) is 30.3 Å². The average molecular weight is 370 g/mol. The lowest BCUT2D eigenvalue weighted by molar-refractivity contribution is -0.123. The number of ether oxygens (including phenoxy) is 3. The van der Waals surface area contributed by atoms with Crippen molar-refractivity contribution in [1.82, 2.24) is 9.88 Å². The molecule has 1 N–H and O–H groups in total. The molecule has 0 unspecified atom stereocenters. The van der Waals surface area contributed by atoms with Crippen LogP contribution in [0.1, 0.15) is 4.79 Å². The zero-order chi connectivity index (χ0) is 19.5. The summed E-state index contributed by atoms with van der Waals surface area (Å²) >= 11 is 0. The van der Waals surface area contributed by atoms with Gasteiger partial charge in [0.1, 0.15) is 12.4 Å². The summed E-state index contributed by atoms with van der Waals surface area (Å²) in [4.78, 5) is 23.5. The first-order chi connectivity index (χ1) is 13.2. The minimum absolute atomic E-state index is 0.108. The fourth-order valence-electron chi connectivity index (χ4n) is 2.31. The van der Waals surface area contributed by atoms with Crippen LogP contribution >= 0.6 is 0 Å². The smallest absolute Gasteiger partial charge is 0.258 e. The Balaban J connectivity index is 1.70. The maximum atomic E-state index is 11.8. The van der Waals surface area contributed by atoms with Crippen molar-refractivity contribution in [2.75, 3.05) is 39.6 Å². The molecule has 0 saturated heterocycles. The van der Waals surface area contributed by atoms with E-state index in [1.807, 2.05) is 0 Å². The van der Waals surface area contributed by atoms with Gasteiger partial charge in [-0.25, -0.2) is 0 Å². The Kier molecular flexibility index (Phi) is 8.10. The van der Waals surface area contributed by atoms with Gasteiger partial charge >= 0.3 is 0 Å². The zero-order valence-corrected chi connectivity index (χ0v) is 15.0. The number of amides is 1. The Hall–Kier alpha value is -3.08. The summed E-state index contributed by atoms with van der Waals surface area (Å²) < 4.78 is 17.3. The van der Waals surface area contributed by atoms with E-state index in [1.54, 1.807) is 30.5 Å². The van der Waals surface area contributed by atoms with Crippen molar-refractivity contribution in [3.8, 4) is 18.1 Å². The summed E-state index contributed by atoms with van der Waals surface area (Å²) in [5.74, 6) is 2.45. The number of terminal acetylenes is 1. The average Bonchev–Trinajstić information content (AvgIpc) is 3.11. The first-order valence-electron chi connectivity index (χ1n) is 8.42. The van der Waals surface area contributed by atoms with E-state index < -0.39 is 0 Å². The number of allylic oxidation sites excluding steroid dienone is 1. The highest BCUT2D eigenvalue weighted by Crippen LogP contribution is 2.22. The van der Waals surface area contributed by atoms with E-state index in [0.717, 1.165) is 10.9 Å². The highest BCUT2D eigenvalue weighted by Gasteiger charge is 2.08. The fourth-order valence-corrected chi connectivity index (χ4v) is 2.31. The lowest BCUT2D eigenvalue weighted by Gasteiger charge is -2.08. The van der Waals surface area contributed by atoms with Gasteiger partial charge in [-0.2, -0.15) is 0 Å². The van der Waals surface area contributed by atoms with Gasteiger partial charge in [0.2, 0.25) is 0 Å². The van der Waals surface area contributed by atoms with E-state index in [2.05, 4.69) is 17.8 Å². The fraction of sp³-hybridized carbons (Fsp3) is 0.300. The van der Waals surface area contributed by atoms with Gasteiger partial charge in [0.15, 0.2) is 6.61 Å². The molecule has 142 valence electrons. The van der Waals surface area contributed by atoms with Crippen LogP contribution in [0.25, 0.3) is 10.9 Å². The molecule has 27 heavy (non-hydrogen) atoms. The summed E-state index contributed by atoms with van der Waals surface area (Å²) in [5.41, 5.74) is 0.750. The van der Waals surface area contributed by atoms with Gasteiger partial charge in [0.05, 0.1) is 25.3 Å². The highest BCUT2D eigenvalue weighted by molar-refractivity contribution is 5.98.